The third-order valence-corrected chi connectivity index (χ3v) is 3.04. The average molecular weight is 280 g/mol. The van der Waals surface area contributed by atoms with E-state index in [0.717, 1.165) is 11.1 Å². The number of hydrogen-bond acceptors (Lipinski definition) is 1. The molecule has 3 heteroatoms. The monoisotopic (exact) mass is 279 g/mol. The molecule has 1 nitrogen and oxygen atoms in total. The summed E-state index contributed by atoms with van der Waals surface area (Å²) < 4.78 is 14.3. The van der Waals surface area contributed by atoms with E-state index < -0.39 is 0 Å². The third kappa shape index (κ3) is 2.15. The standard InChI is InChI=1S/C13H11BrFN/c14-12-6-2-5-11(13(12)15)10-4-1-3-9(7-10)8-16/h1-7H,8,16H2. The second-order valence-corrected chi connectivity index (χ2v) is 4.36. The van der Waals surface area contributed by atoms with Crippen LogP contribution in [0.4, 0.5) is 4.39 Å². The van der Waals surface area contributed by atoms with Gasteiger partial charge in [0.05, 0.1) is 4.47 Å². The minimum absolute atomic E-state index is 0.239. The molecule has 0 radical (unpaired) electrons. The van der Waals surface area contributed by atoms with Crippen LogP contribution in [-0.4, -0.2) is 0 Å². The molecule has 2 aromatic rings. The Hall–Kier alpha value is -1.19. The number of hydrogen-bond donors (Lipinski definition) is 1. The van der Waals surface area contributed by atoms with Crippen molar-refractivity contribution in [2.45, 2.75) is 6.54 Å². The fourth-order valence-corrected chi connectivity index (χ4v) is 1.96. The van der Waals surface area contributed by atoms with Gasteiger partial charge in [0.1, 0.15) is 5.82 Å². The van der Waals surface area contributed by atoms with Gasteiger partial charge >= 0.3 is 0 Å². The maximum absolute atomic E-state index is 13.8. The van der Waals surface area contributed by atoms with Crippen LogP contribution in [0.2, 0.25) is 0 Å². The lowest BCUT2D eigenvalue weighted by molar-refractivity contribution is 0.624. The van der Waals surface area contributed by atoms with Crippen molar-refractivity contribution < 1.29 is 4.39 Å². The maximum atomic E-state index is 13.8. The van der Waals surface area contributed by atoms with Gasteiger partial charge in [-0.1, -0.05) is 30.3 Å². The van der Waals surface area contributed by atoms with Gasteiger partial charge in [-0.05, 0) is 39.2 Å². The Morgan fingerprint density at radius 2 is 1.88 bits per heavy atom. The summed E-state index contributed by atoms with van der Waals surface area (Å²) in [6.45, 7) is 0.462. The smallest absolute Gasteiger partial charge is 0.145 e. The van der Waals surface area contributed by atoms with E-state index >= 15 is 0 Å². The van der Waals surface area contributed by atoms with E-state index in [4.69, 9.17) is 5.73 Å². The Labute approximate surface area is 102 Å². The molecule has 0 saturated carbocycles. The average Bonchev–Trinajstić information content (AvgIpc) is 2.33. The molecule has 0 heterocycles. The van der Waals surface area contributed by atoms with Crippen LogP contribution in [0.1, 0.15) is 5.56 Å². The number of halogens is 2. The summed E-state index contributed by atoms with van der Waals surface area (Å²) in [4.78, 5) is 0. The molecular weight excluding hydrogens is 269 g/mol. The number of rotatable bonds is 2. The highest BCUT2D eigenvalue weighted by Gasteiger charge is 2.07. The molecule has 0 aromatic heterocycles. The van der Waals surface area contributed by atoms with E-state index in [1.807, 2.05) is 30.3 Å². The first kappa shape index (κ1) is 11.3. The summed E-state index contributed by atoms with van der Waals surface area (Å²) in [7, 11) is 0. The summed E-state index contributed by atoms with van der Waals surface area (Å²) in [5.74, 6) is -0.239. The lowest BCUT2D eigenvalue weighted by Crippen LogP contribution is -1.96. The van der Waals surface area contributed by atoms with Gasteiger partial charge < -0.3 is 5.73 Å². The largest absolute Gasteiger partial charge is 0.326 e. The van der Waals surface area contributed by atoms with Gasteiger partial charge in [0.2, 0.25) is 0 Å². The predicted molar refractivity (Wildman–Crippen MR) is 67.4 cm³/mol. The van der Waals surface area contributed by atoms with Crippen molar-refractivity contribution in [3.8, 4) is 11.1 Å². The first-order valence-corrected chi connectivity index (χ1v) is 5.75. The van der Waals surface area contributed by atoms with E-state index in [-0.39, 0.29) is 5.82 Å². The molecule has 0 saturated heterocycles. The summed E-state index contributed by atoms with van der Waals surface area (Å²) in [6, 6.07) is 12.9. The van der Waals surface area contributed by atoms with Crippen LogP contribution in [0.25, 0.3) is 11.1 Å². The highest BCUT2D eigenvalue weighted by Crippen LogP contribution is 2.28. The first-order valence-electron chi connectivity index (χ1n) is 4.96. The van der Waals surface area contributed by atoms with E-state index in [1.54, 1.807) is 12.1 Å². The highest BCUT2D eigenvalue weighted by atomic mass is 79.9. The summed E-state index contributed by atoms with van der Waals surface area (Å²) >= 11 is 3.18. The quantitative estimate of drug-likeness (QED) is 0.891. The van der Waals surface area contributed by atoms with Gasteiger partial charge in [0.15, 0.2) is 0 Å². The van der Waals surface area contributed by atoms with E-state index in [0.29, 0.717) is 16.6 Å². The lowest BCUT2D eigenvalue weighted by atomic mass is 10.0. The zero-order valence-electron chi connectivity index (χ0n) is 8.58. The summed E-state index contributed by atoms with van der Waals surface area (Å²) in [5.41, 5.74) is 8.00. The van der Waals surface area contributed by atoms with E-state index in [9.17, 15) is 4.39 Å². The van der Waals surface area contributed by atoms with Gasteiger partial charge in [-0.25, -0.2) is 4.39 Å². The van der Waals surface area contributed by atoms with Crippen LogP contribution in [0.5, 0.6) is 0 Å². The normalized spacial score (nSPS) is 10.4. The minimum atomic E-state index is -0.239. The highest BCUT2D eigenvalue weighted by molar-refractivity contribution is 9.10. The number of nitrogens with two attached hydrogens (primary N) is 1. The molecule has 16 heavy (non-hydrogen) atoms. The van der Waals surface area contributed by atoms with Crippen LogP contribution in [0.3, 0.4) is 0 Å². The fourth-order valence-electron chi connectivity index (χ4n) is 1.59. The van der Waals surface area contributed by atoms with Gasteiger partial charge in [-0.15, -0.1) is 0 Å². The zero-order chi connectivity index (χ0) is 11.5. The van der Waals surface area contributed by atoms with Crippen molar-refractivity contribution in [1.29, 1.82) is 0 Å². The van der Waals surface area contributed by atoms with Crippen molar-refractivity contribution in [3.63, 3.8) is 0 Å². The minimum Gasteiger partial charge on any atom is -0.326 e. The Balaban J connectivity index is 2.54. The molecule has 0 atom stereocenters. The molecule has 2 N–H and O–H groups in total. The van der Waals surface area contributed by atoms with Crippen molar-refractivity contribution >= 4 is 15.9 Å². The molecule has 0 amide bonds. The van der Waals surface area contributed by atoms with Crippen LogP contribution < -0.4 is 5.73 Å². The van der Waals surface area contributed by atoms with Gasteiger partial charge in [0.25, 0.3) is 0 Å². The van der Waals surface area contributed by atoms with E-state index in [2.05, 4.69) is 15.9 Å². The van der Waals surface area contributed by atoms with Crippen LogP contribution in [0, 0.1) is 5.82 Å². The summed E-state index contributed by atoms with van der Waals surface area (Å²) in [5, 5.41) is 0. The van der Waals surface area contributed by atoms with E-state index in [1.165, 1.54) is 0 Å². The molecule has 2 rings (SSSR count). The van der Waals surface area contributed by atoms with Crippen molar-refractivity contribution in [2.24, 2.45) is 5.73 Å². The molecular formula is C13H11BrFN. The van der Waals surface area contributed by atoms with Gasteiger partial charge in [0, 0.05) is 12.1 Å². The van der Waals surface area contributed by atoms with Gasteiger partial charge in [-0.2, -0.15) is 0 Å². The Morgan fingerprint density at radius 3 is 2.62 bits per heavy atom. The van der Waals surface area contributed by atoms with Crippen molar-refractivity contribution in [3.05, 3.63) is 58.3 Å². The first-order chi connectivity index (χ1) is 7.72. The fraction of sp³-hybridized carbons (Fsp3) is 0.0769. The summed E-state index contributed by atoms with van der Waals surface area (Å²) in [6.07, 6.45) is 0. The molecule has 0 spiro atoms. The topological polar surface area (TPSA) is 26.0 Å². The molecule has 0 aliphatic carbocycles. The van der Waals surface area contributed by atoms with Crippen LogP contribution in [0.15, 0.2) is 46.9 Å². The van der Waals surface area contributed by atoms with Gasteiger partial charge in [-0.3, -0.25) is 0 Å². The SMILES string of the molecule is NCc1cccc(-c2cccc(Br)c2F)c1. The Bertz CT molecular complexity index is 511. The second-order valence-electron chi connectivity index (χ2n) is 3.51. The molecule has 82 valence electrons. The zero-order valence-corrected chi connectivity index (χ0v) is 10.2. The lowest BCUT2D eigenvalue weighted by Gasteiger charge is -2.06. The molecule has 0 fully saturated rings. The molecule has 0 unspecified atom stereocenters. The van der Waals surface area contributed by atoms with Crippen molar-refractivity contribution in [2.75, 3.05) is 0 Å². The third-order valence-electron chi connectivity index (χ3n) is 2.43. The van der Waals surface area contributed by atoms with Crippen molar-refractivity contribution in [1.82, 2.24) is 0 Å². The van der Waals surface area contributed by atoms with Crippen LogP contribution >= 0.6 is 15.9 Å². The Kier molecular flexibility index (Phi) is 3.36. The molecule has 0 aliphatic heterocycles. The number of benzene rings is 2. The van der Waals surface area contributed by atoms with Crippen LogP contribution in [-0.2, 0) is 6.54 Å². The Morgan fingerprint density at radius 1 is 1.12 bits per heavy atom. The molecule has 0 bridgehead atoms. The molecule has 0 aliphatic rings. The maximum Gasteiger partial charge on any atom is 0.145 e. The molecule has 2 aromatic carbocycles. The second kappa shape index (κ2) is 4.76. The predicted octanol–water partition coefficient (Wildman–Crippen LogP) is 3.71.